The first-order valence-electron chi connectivity index (χ1n) is 12.5. The fourth-order valence-electron chi connectivity index (χ4n) is 5.18. The van der Waals surface area contributed by atoms with E-state index < -0.39 is 73.5 Å². The molecular formula is C22H24FN10O8PS. The minimum atomic E-state index is -4.32. The Balaban J connectivity index is 1.30. The number of hydrogen-bond donors (Lipinski definition) is 7. The van der Waals surface area contributed by atoms with Gasteiger partial charge in [-0.25, -0.2) is 24.3 Å². The van der Waals surface area contributed by atoms with Crippen LogP contribution in [-0.4, -0.2) is 108 Å². The number of alkyl halides is 1. The monoisotopic (exact) mass is 638 g/mol. The molecular weight excluding hydrogens is 614 g/mol. The van der Waals surface area contributed by atoms with Crippen molar-refractivity contribution in [3.8, 4) is 12.3 Å². The van der Waals surface area contributed by atoms with Crippen molar-refractivity contribution in [1.82, 2.24) is 39.0 Å². The number of halogens is 1. The van der Waals surface area contributed by atoms with Crippen LogP contribution in [0.25, 0.3) is 22.3 Å². The minimum absolute atomic E-state index is 0.0627. The molecule has 0 spiro atoms. The van der Waals surface area contributed by atoms with Gasteiger partial charge in [-0.3, -0.25) is 18.9 Å². The van der Waals surface area contributed by atoms with Gasteiger partial charge in [-0.15, -0.1) is 6.42 Å². The summed E-state index contributed by atoms with van der Waals surface area (Å²) in [7, 11) is 0. The first-order valence-corrected chi connectivity index (χ1v) is 15.2. The van der Waals surface area contributed by atoms with Gasteiger partial charge in [-0.1, -0.05) is 5.92 Å². The van der Waals surface area contributed by atoms with Crippen molar-refractivity contribution in [2.75, 3.05) is 24.7 Å². The number of aromatic nitrogens is 8. The predicted octanol–water partition coefficient (Wildman–Crippen LogP) is -2.34. The maximum Gasteiger partial charge on any atom is 0.280 e. The van der Waals surface area contributed by atoms with E-state index in [0.29, 0.717) is 0 Å². The van der Waals surface area contributed by atoms with Gasteiger partial charge in [0.2, 0.25) is 5.95 Å². The van der Waals surface area contributed by atoms with Crippen molar-refractivity contribution in [3.05, 3.63) is 29.3 Å². The minimum Gasteiger partial charge on any atom is -0.394 e. The molecule has 9 N–H and O–H groups in total. The number of terminal acetylenes is 1. The summed E-state index contributed by atoms with van der Waals surface area (Å²) >= 11 is 5.38. The molecule has 0 amide bonds. The molecule has 6 rings (SSSR count). The third-order valence-electron chi connectivity index (χ3n) is 7.36. The molecule has 0 radical (unpaired) electrons. The SMILES string of the molecule is C#C[C@]1(COP(O)(=S)[C@@H]2[C@H](F)[C@@H](CO)O[C@H]2n2cnc3c(=O)[nH]c(N)nc32)O[C@@H](n2cnc3c(N)ncnc32)[C@H](O)[C@@H]1O. The topological polar surface area (TPSA) is 268 Å². The number of H-pyrrole nitrogens is 1. The number of imidazole rings is 2. The largest absolute Gasteiger partial charge is 0.394 e. The molecule has 0 bridgehead atoms. The molecule has 4 aromatic heterocycles. The zero-order valence-corrected chi connectivity index (χ0v) is 23.4. The summed E-state index contributed by atoms with van der Waals surface area (Å²) in [4.78, 5) is 46.0. The van der Waals surface area contributed by atoms with Crippen LogP contribution in [0.15, 0.2) is 23.8 Å². The van der Waals surface area contributed by atoms with Gasteiger partial charge in [0.1, 0.15) is 42.0 Å². The molecule has 2 fully saturated rings. The summed E-state index contributed by atoms with van der Waals surface area (Å²) in [6, 6.07) is 0. The van der Waals surface area contributed by atoms with Crippen LogP contribution >= 0.6 is 6.49 Å². The number of hydrogen-bond acceptors (Lipinski definition) is 15. The Kier molecular flexibility index (Phi) is 7.20. The molecule has 6 heterocycles. The lowest BCUT2D eigenvalue weighted by Crippen LogP contribution is -2.46. The van der Waals surface area contributed by atoms with E-state index in [2.05, 4.69) is 35.8 Å². The molecule has 228 valence electrons. The molecule has 9 atom stereocenters. The van der Waals surface area contributed by atoms with Crippen LogP contribution in [0.2, 0.25) is 0 Å². The van der Waals surface area contributed by atoms with Gasteiger partial charge >= 0.3 is 0 Å². The van der Waals surface area contributed by atoms with E-state index in [0.717, 1.165) is 10.9 Å². The van der Waals surface area contributed by atoms with Crippen LogP contribution in [0.4, 0.5) is 16.2 Å². The van der Waals surface area contributed by atoms with Gasteiger partial charge in [-0.05, 0) is 11.8 Å². The molecule has 2 saturated heterocycles. The van der Waals surface area contributed by atoms with Gasteiger partial charge in [0.05, 0.1) is 25.9 Å². The van der Waals surface area contributed by atoms with Crippen molar-refractivity contribution in [3.63, 3.8) is 0 Å². The molecule has 2 aliphatic heterocycles. The fraction of sp³-hybridized carbons (Fsp3) is 0.455. The average molecular weight is 639 g/mol. The van der Waals surface area contributed by atoms with Gasteiger partial charge in [-0.2, -0.15) is 4.98 Å². The van der Waals surface area contributed by atoms with Crippen LogP contribution in [0.5, 0.6) is 0 Å². The molecule has 0 aliphatic carbocycles. The highest BCUT2D eigenvalue weighted by Gasteiger charge is 2.58. The van der Waals surface area contributed by atoms with Crippen molar-refractivity contribution in [1.29, 1.82) is 0 Å². The fourth-order valence-corrected chi connectivity index (χ4v) is 7.63. The summed E-state index contributed by atoms with van der Waals surface area (Å²) in [5.41, 5.74) is 7.20. The summed E-state index contributed by atoms with van der Waals surface area (Å²) in [5.74, 6) is 2.05. The third-order valence-corrected chi connectivity index (χ3v) is 10.2. The van der Waals surface area contributed by atoms with Crippen molar-refractivity contribution >= 4 is 52.4 Å². The first kappa shape index (κ1) is 29.4. The zero-order valence-electron chi connectivity index (χ0n) is 21.7. The van der Waals surface area contributed by atoms with Crippen molar-refractivity contribution < 1.29 is 38.6 Å². The maximum absolute atomic E-state index is 15.7. The average Bonchev–Trinajstić information content (AvgIpc) is 3.72. The molecule has 1 unspecified atom stereocenters. The van der Waals surface area contributed by atoms with E-state index >= 15 is 4.39 Å². The Morgan fingerprint density at radius 2 is 1.88 bits per heavy atom. The highest BCUT2D eigenvalue weighted by atomic mass is 32.5. The second kappa shape index (κ2) is 10.5. The van der Waals surface area contributed by atoms with Crippen LogP contribution in [0, 0.1) is 12.3 Å². The van der Waals surface area contributed by atoms with Crippen LogP contribution < -0.4 is 17.0 Å². The van der Waals surface area contributed by atoms with Crippen LogP contribution in [-0.2, 0) is 25.8 Å². The summed E-state index contributed by atoms with van der Waals surface area (Å²) in [6.45, 7) is -5.91. The Bertz CT molecular complexity index is 1860. The van der Waals surface area contributed by atoms with E-state index in [1.807, 2.05) is 0 Å². The number of aliphatic hydroxyl groups excluding tert-OH is 3. The molecule has 43 heavy (non-hydrogen) atoms. The van der Waals surface area contributed by atoms with Crippen molar-refractivity contribution in [2.45, 2.75) is 48.2 Å². The molecule has 4 aromatic rings. The Morgan fingerprint density at radius 3 is 2.58 bits per heavy atom. The second-order valence-corrected chi connectivity index (χ2v) is 13.4. The standard InChI is InChI=1S/C22H24FN10O8PS/c1-2-22(14(36)12(35)19(41-22)32-6-28-10-15(24)26-5-27-16(10)32)4-39-42(38,43)13-9(23)8(3-34)40-20(13)33-7-29-11-17(33)30-21(25)31-18(11)37/h1,5-9,12-14,19-20,34-36H,3-4H2,(H,38,43)(H2,24,26,27)(H3,25,30,31,37)/t8-,9-,12-,13-,14+,19-,20-,22-,42?/m1/s1. The molecule has 18 nitrogen and oxygen atoms in total. The third kappa shape index (κ3) is 4.57. The maximum atomic E-state index is 15.7. The van der Waals surface area contributed by atoms with E-state index in [1.54, 1.807) is 0 Å². The lowest BCUT2D eigenvalue weighted by molar-refractivity contribution is -0.0868. The lowest BCUT2D eigenvalue weighted by Gasteiger charge is -2.32. The van der Waals surface area contributed by atoms with Crippen molar-refractivity contribution in [2.24, 2.45) is 0 Å². The number of rotatable bonds is 7. The molecule has 0 saturated carbocycles. The molecule has 2 aliphatic rings. The van der Waals surface area contributed by atoms with Gasteiger partial charge in [0.15, 0.2) is 47.2 Å². The number of nitrogens with zero attached hydrogens (tertiary/aromatic N) is 7. The molecule has 21 heteroatoms. The highest BCUT2D eigenvalue weighted by molar-refractivity contribution is 8.09. The van der Waals surface area contributed by atoms with E-state index in [4.69, 9.17) is 43.7 Å². The van der Waals surface area contributed by atoms with E-state index in [1.165, 1.54) is 17.2 Å². The lowest BCUT2D eigenvalue weighted by atomic mass is 9.97. The predicted molar refractivity (Wildman–Crippen MR) is 148 cm³/mol. The van der Waals surface area contributed by atoms with Gasteiger partial charge in [0.25, 0.3) is 5.56 Å². The Morgan fingerprint density at radius 1 is 1.19 bits per heavy atom. The number of nitrogens with two attached hydrogens (primary N) is 2. The zero-order chi connectivity index (χ0) is 30.8. The highest BCUT2D eigenvalue weighted by Crippen LogP contribution is 2.59. The summed E-state index contributed by atoms with van der Waals surface area (Å²) < 4.78 is 35.3. The first-order chi connectivity index (χ1) is 20.4. The number of anilines is 2. The number of fused-ring (bicyclic) bond motifs is 2. The summed E-state index contributed by atoms with van der Waals surface area (Å²) in [6.07, 6.45) is -0.483. The van der Waals surface area contributed by atoms with Gasteiger partial charge < -0.3 is 45.7 Å². The van der Waals surface area contributed by atoms with Crippen LogP contribution in [0.1, 0.15) is 12.5 Å². The van der Waals surface area contributed by atoms with E-state index in [9.17, 15) is 25.0 Å². The quantitative estimate of drug-likeness (QED) is 0.0825. The number of aliphatic hydroxyl groups is 3. The smallest absolute Gasteiger partial charge is 0.280 e. The number of nitrogen functional groups attached to an aromatic ring is 2. The Labute approximate surface area is 244 Å². The number of aromatic amines is 1. The molecule has 0 aromatic carbocycles. The number of nitrogens with one attached hydrogen (secondary N) is 1. The summed E-state index contributed by atoms with van der Waals surface area (Å²) in [5, 5.41) is 31.6. The van der Waals surface area contributed by atoms with E-state index in [-0.39, 0.29) is 34.1 Å². The Hall–Kier alpha value is -3.64. The normalized spacial score (nSPS) is 32.3. The number of ether oxygens (including phenoxy) is 2. The van der Waals surface area contributed by atoms with Crippen LogP contribution in [0.3, 0.4) is 0 Å². The van der Waals surface area contributed by atoms with Gasteiger partial charge in [0, 0.05) is 0 Å². The second-order valence-electron chi connectivity index (χ2n) is 9.86.